The highest BCUT2D eigenvalue weighted by Gasteiger charge is 2.10. The molecular weight excluding hydrogens is 334 g/mol. The number of benzene rings is 2. The molecule has 6 nitrogen and oxygen atoms in total. The Morgan fingerprint density at radius 1 is 1.04 bits per heavy atom. The Labute approximate surface area is 152 Å². The van der Waals surface area contributed by atoms with Crippen LogP contribution < -0.4 is 14.8 Å². The number of ether oxygens (including phenoxy) is 2. The number of carbonyl (C=O) groups is 2. The summed E-state index contributed by atoms with van der Waals surface area (Å²) in [5.41, 5.74) is 2.00. The van der Waals surface area contributed by atoms with Gasteiger partial charge in [-0.25, -0.2) is 4.79 Å². The van der Waals surface area contributed by atoms with Crippen molar-refractivity contribution in [2.24, 2.45) is 0 Å². The fraction of sp³-hybridized carbons (Fsp3) is 0.300. The van der Waals surface area contributed by atoms with Crippen LogP contribution in [0, 0.1) is 0 Å². The predicted octanol–water partition coefficient (Wildman–Crippen LogP) is 2.97. The summed E-state index contributed by atoms with van der Waals surface area (Å²) in [7, 11) is 1.62. The van der Waals surface area contributed by atoms with E-state index in [1.165, 1.54) is 0 Å². The van der Waals surface area contributed by atoms with Gasteiger partial charge in [0.1, 0.15) is 11.5 Å². The fourth-order valence-electron chi connectivity index (χ4n) is 2.44. The first-order valence-electron chi connectivity index (χ1n) is 8.35. The highest BCUT2D eigenvalue weighted by Crippen LogP contribution is 2.18. The van der Waals surface area contributed by atoms with Gasteiger partial charge in [0, 0.05) is 6.42 Å². The maximum Gasteiger partial charge on any atom is 0.341 e. The van der Waals surface area contributed by atoms with E-state index < -0.39 is 5.97 Å². The number of hydrogen-bond acceptors (Lipinski definition) is 4. The molecule has 1 atom stereocenters. The van der Waals surface area contributed by atoms with Gasteiger partial charge in [-0.05, 0) is 48.7 Å². The Morgan fingerprint density at radius 3 is 2.23 bits per heavy atom. The zero-order valence-corrected chi connectivity index (χ0v) is 14.9. The van der Waals surface area contributed by atoms with Crippen molar-refractivity contribution in [1.29, 1.82) is 0 Å². The number of rotatable bonds is 9. The second-order valence-corrected chi connectivity index (χ2v) is 5.89. The number of aryl methyl sites for hydroxylation is 1. The molecule has 2 aromatic carbocycles. The lowest BCUT2D eigenvalue weighted by molar-refractivity contribution is -0.139. The van der Waals surface area contributed by atoms with Gasteiger partial charge in [0.15, 0.2) is 6.61 Å². The maximum absolute atomic E-state index is 12.1. The first kappa shape index (κ1) is 19.3. The van der Waals surface area contributed by atoms with E-state index in [0.717, 1.165) is 16.9 Å². The van der Waals surface area contributed by atoms with Crippen molar-refractivity contribution >= 4 is 11.9 Å². The van der Waals surface area contributed by atoms with Crippen LogP contribution >= 0.6 is 0 Å². The molecule has 0 bridgehead atoms. The van der Waals surface area contributed by atoms with Crippen molar-refractivity contribution < 1.29 is 24.2 Å². The van der Waals surface area contributed by atoms with Crippen LogP contribution in [0.2, 0.25) is 0 Å². The van der Waals surface area contributed by atoms with E-state index in [9.17, 15) is 9.59 Å². The summed E-state index contributed by atoms with van der Waals surface area (Å²) in [4.78, 5) is 22.6. The molecule has 0 aromatic heterocycles. The van der Waals surface area contributed by atoms with Gasteiger partial charge in [0.2, 0.25) is 5.91 Å². The summed E-state index contributed by atoms with van der Waals surface area (Å²) in [5, 5.41) is 11.6. The van der Waals surface area contributed by atoms with Gasteiger partial charge in [0.25, 0.3) is 0 Å². The molecule has 0 spiro atoms. The molecule has 26 heavy (non-hydrogen) atoms. The van der Waals surface area contributed by atoms with Crippen molar-refractivity contribution in [3.8, 4) is 11.5 Å². The second kappa shape index (κ2) is 9.46. The zero-order valence-electron chi connectivity index (χ0n) is 14.9. The van der Waals surface area contributed by atoms with Crippen molar-refractivity contribution in [2.75, 3.05) is 13.7 Å². The maximum atomic E-state index is 12.1. The van der Waals surface area contributed by atoms with Crippen LogP contribution in [0.15, 0.2) is 48.5 Å². The molecule has 1 unspecified atom stereocenters. The number of carbonyl (C=O) groups excluding carboxylic acids is 1. The normalized spacial score (nSPS) is 11.5. The molecule has 0 saturated heterocycles. The predicted molar refractivity (Wildman–Crippen MR) is 97.4 cm³/mol. The third kappa shape index (κ3) is 6.12. The Bertz CT molecular complexity index is 725. The van der Waals surface area contributed by atoms with Gasteiger partial charge < -0.3 is 19.9 Å². The smallest absolute Gasteiger partial charge is 0.341 e. The molecule has 0 fully saturated rings. The third-order valence-corrected chi connectivity index (χ3v) is 3.92. The van der Waals surface area contributed by atoms with Crippen LogP contribution in [-0.2, 0) is 16.0 Å². The second-order valence-electron chi connectivity index (χ2n) is 5.89. The van der Waals surface area contributed by atoms with Gasteiger partial charge >= 0.3 is 5.97 Å². The fourth-order valence-corrected chi connectivity index (χ4v) is 2.44. The van der Waals surface area contributed by atoms with E-state index in [4.69, 9.17) is 14.6 Å². The quantitative estimate of drug-likeness (QED) is 0.721. The minimum atomic E-state index is -1.02. The van der Waals surface area contributed by atoms with Crippen LogP contribution in [0.1, 0.15) is 30.5 Å². The molecular formula is C20H23NO5. The number of aliphatic carboxylic acids is 1. The largest absolute Gasteiger partial charge is 0.497 e. The minimum Gasteiger partial charge on any atom is -0.497 e. The summed E-state index contributed by atoms with van der Waals surface area (Å²) in [6.07, 6.45) is 1.06. The van der Waals surface area contributed by atoms with Crippen LogP contribution in [0.4, 0.5) is 0 Å². The molecule has 0 saturated carbocycles. The van der Waals surface area contributed by atoms with E-state index in [2.05, 4.69) is 5.32 Å². The SMILES string of the molecule is COc1ccc(CCC(=O)NC(C)c2ccc(OCC(=O)O)cc2)cc1. The van der Waals surface area contributed by atoms with E-state index in [0.29, 0.717) is 18.6 Å². The standard InChI is InChI=1S/C20H23NO5/c1-14(16-6-10-18(11-7-16)26-13-20(23)24)21-19(22)12-5-15-3-8-17(25-2)9-4-15/h3-4,6-11,14H,5,12-13H2,1-2H3,(H,21,22)(H,23,24). The van der Waals surface area contributed by atoms with Crippen molar-refractivity contribution in [1.82, 2.24) is 5.32 Å². The Hall–Kier alpha value is -3.02. The van der Waals surface area contributed by atoms with Gasteiger partial charge in [-0.1, -0.05) is 24.3 Å². The summed E-state index contributed by atoms with van der Waals surface area (Å²) < 4.78 is 10.2. The Balaban J connectivity index is 1.81. The summed E-state index contributed by atoms with van der Waals surface area (Å²) in [6, 6.07) is 14.5. The van der Waals surface area contributed by atoms with E-state index >= 15 is 0 Å². The highest BCUT2D eigenvalue weighted by molar-refractivity contribution is 5.76. The van der Waals surface area contributed by atoms with Gasteiger partial charge in [0.05, 0.1) is 13.2 Å². The van der Waals surface area contributed by atoms with E-state index in [1.807, 2.05) is 43.3 Å². The molecule has 2 N–H and O–H groups in total. The Kier molecular flexibility index (Phi) is 7.02. The van der Waals surface area contributed by atoms with Crippen LogP contribution in [0.3, 0.4) is 0 Å². The monoisotopic (exact) mass is 357 g/mol. The third-order valence-electron chi connectivity index (χ3n) is 3.92. The zero-order chi connectivity index (χ0) is 18.9. The lowest BCUT2D eigenvalue weighted by atomic mass is 10.1. The molecule has 0 heterocycles. The van der Waals surface area contributed by atoms with E-state index in [1.54, 1.807) is 19.2 Å². The van der Waals surface area contributed by atoms with Crippen LogP contribution in [-0.4, -0.2) is 30.7 Å². The minimum absolute atomic E-state index is 0.0282. The topological polar surface area (TPSA) is 84.9 Å². The van der Waals surface area contributed by atoms with Crippen molar-refractivity contribution in [3.05, 3.63) is 59.7 Å². The van der Waals surface area contributed by atoms with Gasteiger partial charge in [-0.15, -0.1) is 0 Å². The lowest BCUT2D eigenvalue weighted by Gasteiger charge is -2.15. The average molecular weight is 357 g/mol. The molecule has 6 heteroatoms. The molecule has 2 aromatic rings. The summed E-state index contributed by atoms with van der Waals surface area (Å²) in [6.45, 7) is 1.52. The first-order valence-corrected chi connectivity index (χ1v) is 8.35. The van der Waals surface area contributed by atoms with Crippen molar-refractivity contribution in [3.63, 3.8) is 0 Å². The summed E-state index contributed by atoms with van der Waals surface area (Å²) >= 11 is 0. The number of carboxylic acids is 1. The molecule has 0 aliphatic heterocycles. The molecule has 0 radical (unpaired) electrons. The molecule has 0 aliphatic carbocycles. The molecule has 138 valence electrons. The van der Waals surface area contributed by atoms with Crippen LogP contribution in [0.25, 0.3) is 0 Å². The number of hydrogen-bond donors (Lipinski definition) is 2. The first-order chi connectivity index (χ1) is 12.5. The summed E-state index contributed by atoms with van der Waals surface area (Å²) in [5.74, 6) is 0.225. The highest BCUT2D eigenvalue weighted by atomic mass is 16.5. The molecule has 2 rings (SSSR count). The number of methoxy groups -OCH3 is 1. The molecule has 1 amide bonds. The number of amides is 1. The average Bonchev–Trinajstić information content (AvgIpc) is 2.65. The lowest BCUT2D eigenvalue weighted by Crippen LogP contribution is -2.26. The van der Waals surface area contributed by atoms with Gasteiger partial charge in [-0.3, -0.25) is 4.79 Å². The number of carboxylic acid groups (broad SMARTS) is 1. The van der Waals surface area contributed by atoms with Crippen molar-refractivity contribution in [2.45, 2.75) is 25.8 Å². The molecule has 0 aliphatic rings. The number of nitrogens with one attached hydrogen (secondary N) is 1. The van der Waals surface area contributed by atoms with E-state index in [-0.39, 0.29) is 18.6 Å². The van der Waals surface area contributed by atoms with Crippen LogP contribution in [0.5, 0.6) is 11.5 Å². The van der Waals surface area contributed by atoms with Gasteiger partial charge in [-0.2, -0.15) is 0 Å². The Morgan fingerprint density at radius 2 is 1.65 bits per heavy atom.